The lowest BCUT2D eigenvalue weighted by Crippen LogP contribution is -2.31. The monoisotopic (exact) mass is 309 g/mol. The summed E-state index contributed by atoms with van der Waals surface area (Å²) in [6, 6.07) is 8.10. The van der Waals surface area contributed by atoms with E-state index in [1.807, 2.05) is 19.1 Å². The van der Waals surface area contributed by atoms with E-state index in [0.717, 1.165) is 5.56 Å². The van der Waals surface area contributed by atoms with Crippen LogP contribution >= 0.6 is 23.2 Å². The van der Waals surface area contributed by atoms with E-state index in [4.69, 9.17) is 23.2 Å². The minimum Gasteiger partial charge on any atom is -0.331 e. The van der Waals surface area contributed by atoms with Gasteiger partial charge in [-0.3, -0.25) is 4.98 Å². The van der Waals surface area contributed by atoms with Crippen molar-refractivity contribution in [3.63, 3.8) is 0 Å². The molecule has 0 radical (unpaired) electrons. The number of benzene rings is 1. The number of anilines is 1. The minimum absolute atomic E-state index is 0.158. The number of carbonyl (C=O) groups excluding carboxylic acids is 1. The van der Waals surface area contributed by atoms with Gasteiger partial charge in [0.25, 0.3) is 0 Å². The van der Waals surface area contributed by atoms with Crippen molar-refractivity contribution in [1.82, 2.24) is 10.3 Å². The van der Waals surface area contributed by atoms with Crippen molar-refractivity contribution in [2.45, 2.75) is 13.0 Å². The van der Waals surface area contributed by atoms with Crippen molar-refractivity contribution < 1.29 is 4.79 Å². The van der Waals surface area contributed by atoms with Gasteiger partial charge in [0.05, 0.1) is 16.8 Å². The van der Waals surface area contributed by atoms with E-state index >= 15 is 0 Å². The fraction of sp³-hybridized carbons (Fsp3) is 0.143. The Bertz CT molecular complexity index is 605. The van der Waals surface area contributed by atoms with E-state index in [2.05, 4.69) is 15.6 Å². The first-order valence-electron chi connectivity index (χ1n) is 5.99. The van der Waals surface area contributed by atoms with Crippen LogP contribution in [0.2, 0.25) is 10.0 Å². The average molecular weight is 310 g/mol. The zero-order valence-corrected chi connectivity index (χ0v) is 12.2. The first-order chi connectivity index (χ1) is 9.56. The van der Waals surface area contributed by atoms with E-state index < -0.39 is 0 Å². The number of amides is 2. The predicted octanol–water partition coefficient (Wildman–Crippen LogP) is 4.27. The number of pyridine rings is 1. The summed E-state index contributed by atoms with van der Waals surface area (Å²) in [6.45, 7) is 1.88. The van der Waals surface area contributed by atoms with Crippen molar-refractivity contribution >= 4 is 34.9 Å². The standard InChI is InChI=1S/C14H13Cl2N3O/c1-9(10-3-2-6-17-8-10)18-14(20)19-13-5-4-11(15)7-12(13)16/h2-9H,1H3,(H2,18,19,20)/t9-/m0/s1. The second-order valence-electron chi connectivity index (χ2n) is 4.23. The molecule has 1 heterocycles. The van der Waals surface area contributed by atoms with Crippen molar-refractivity contribution in [1.29, 1.82) is 0 Å². The zero-order chi connectivity index (χ0) is 14.5. The topological polar surface area (TPSA) is 54.0 Å². The predicted molar refractivity (Wildman–Crippen MR) is 81.3 cm³/mol. The molecule has 0 unspecified atom stereocenters. The fourth-order valence-corrected chi connectivity index (χ4v) is 2.12. The maximum atomic E-state index is 11.9. The Morgan fingerprint density at radius 3 is 2.75 bits per heavy atom. The summed E-state index contributed by atoms with van der Waals surface area (Å²) in [6.07, 6.45) is 3.39. The van der Waals surface area contributed by atoms with Gasteiger partial charge in [-0.1, -0.05) is 29.3 Å². The lowest BCUT2D eigenvalue weighted by molar-refractivity contribution is 0.249. The smallest absolute Gasteiger partial charge is 0.319 e. The Morgan fingerprint density at radius 2 is 2.10 bits per heavy atom. The second kappa shape index (κ2) is 6.59. The molecule has 0 aliphatic rings. The molecule has 0 bridgehead atoms. The summed E-state index contributed by atoms with van der Waals surface area (Å²) in [5, 5.41) is 6.39. The number of hydrogen-bond donors (Lipinski definition) is 2. The highest BCUT2D eigenvalue weighted by Crippen LogP contribution is 2.25. The summed E-state index contributed by atoms with van der Waals surface area (Å²) < 4.78 is 0. The first-order valence-corrected chi connectivity index (χ1v) is 6.74. The van der Waals surface area contributed by atoms with Gasteiger partial charge in [-0.15, -0.1) is 0 Å². The molecule has 2 rings (SSSR count). The molecule has 0 aliphatic carbocycles. The van der Waals surface area contributed by atoms with Crippen LogP contribution in [0, 0.1) is 0 Å². The van der Waals surface area contributed by atoms with Crippen LogP contribution in [0.5, 0.6) is 0 Å². The van der Waals surface area contributed by atoms with Crippen LogP contribution in [0.4, 0.5) is 10.5 Å². The van der Waals surface area contributed by atoms with Gasteiger partial charge in [-0.05, 0) is 36.8 Å². The summed E-state index contributed by atoms with van der Waals surface area (Å²) in [4.78, 5) is 15.9. The molecule has 2 amide bonds. The van der Waals surface area contributed by atoms with E-state index in [0.29, 0.717) is 15.7 Å². The number of nitrogens with zero attached hydrogens (tertiary/aromatic N) is 1. The molecule has 104 valence electrons. The maximum absolute atomic E-state index is 11.9. The summed E-state index contributed by atoms with van der Waals surface area (Å²) in [5.41, 5.74) is 1.43. The van der Waals surface area contributed by atoms with Gasteiger partial charge in [0, 0.05) is 17.4 Å². The number of carbonyl (C=O) groups is 1. The van der Waals surface area contributed by atoms with Crippen molar-refractivity contribution in [2.75, 3.05) is 5.32 Å². The number of nitrogens with one attached hydrogen (secondary N) is 2. The molecule has 0 saturated carbocycles. The molecular weight excluding hydrogens is 297 g/mol. The number of rotatable bonds is 3. The SMILES string of the molecule is C[C@H](NC(=O)Nc1ccc(Cl)cc1Cl)c1cccnc1. The fourth-order valence-electron chi connectivity index (χ4n) is 1.66. The Morgan fingerprint density at radius 1 is 1.30 bits per heavy atom. The highest BCUT2D eigenvalue weighted by Gasteiger charge is 2.11. The Balaban J connectivity index is 1.99. The van der Waals surface area contributed by atoms with Gasteiger partial charge in [-0.25, -0.2) is 4.79 Å². The molecule has 1 aromatic heterocycles. The minimum atomic E-state index is -0.342. The number of hydrogen-bond acceptors (Lipinski definition) is 2. The summed E-state index contributed by atoms with van der Waals surface area (Å²) in [7, 11) is 0. The normalized spacial score (nSPS) is 11.8. The van der Waals surface area contributed by atoms with Crippen LogP contribution in [-0.2, 0) is 0 Å². The summed E-state index contributed by atoms with van der Waals surface area (Å²) >= 11 is 11.8. The van der Waals surface area contributed by atoms with E-state index in [-0.39, 0.29) is 12.1 Å². The molecule has 2 N–H and O–H groups in total. The van der Waals surface area contributed by atoms with Gasteiger partial charge >= 0.3 is 6.03 Å². The second-order valence-corrected chi connectivity index (χ2v) is 5.07. The van der Waals surface area contributed by atoms with Crippen LogP contribution in [0.3, 0.4) is 0 Å². The molecule has 1 aromatic carbocycles. The van der Waals surface area contributed by atoms with Crippen molar-refractivity contribution in [2.24, 2.45) is 0 Å². The molecular formula is C14H13Cl2N3O. The van der Waals surface area contributed by atoms with Gasteiger partial charge in [0.2, 0.25) is 0 Å². The number of halogens is 2. The number of aromatic nitrogens is 1. The van der Waals surface area contributed by atoms with Crippen molar-refractivity contribution in [3.05, 3.63) is 58.3 Å². The molecule has 4 nitrogen and oxygen atoms in total. The van der Waals surface area contributed by atoms with Crippen LogP contribution in [0.1, 0.15) is 18.5 Å². The molecule has 0 saturated heterocycles. The van der Waals surface area contributed by atoms with Gasteiger partial charge in [0.1, 0.15) is 0 Å². The van der Waals surface area contributed by atoms with Crippen LogP contribution in [-0.4, -0.2) is 11.0 Å². The molecule has 0 fully saturated rings. The third kappa shape index (κ3) is 3.85. The quantitative estimate of drug-likeness (QED) is 0.889. The van der Waals surface area contributed by atoms with Gasteiger partial charge < -0.3 is 10.6 Å². The molecule has 6 heteroatoms. The van der Waals surface area contributed by atoms with E-state index in [9.17, 15) is 4.79 Å². The Kier molecular flexibility index (Phi) is 4.82. The Labute approximate surface area is 127 Å². The van der Waals surface area contributed by atoms with Crippen LogP contribution in [0.15, 0.2) is 42.7 Å². The molecule has 20 heavy (non-hydrogen) atoms. The molecule has 0 aliphatic heterocycles. The van der Waals surface area contributed by atoms with Gasteiger partial charge in [0.15, 0.2) is 0 Å². The van der Waals surface area contributed by atoms with E-state index in [1.165, 1.54) is 0 Å². The maximum Gasteiger partial charge on any atom is 0.319 e. The van der Waals surface area contributed by atoms with Gasteiger partial charge in [-0.2, -0.15) is 0 Å². The highest BCUT2D eigenvalue weighted by atomic mass is 35.5. The average Bonchev–Trinajstić information content (AvgIpc) is 2.43. The third-order valence-electron chi connectivity index (χ3n) is 2.71. The zero-order valence-electron chi connectivity index (χ0n) is 10.7. The van der Waals surface area contributed by atoms with Crippen LogP contribution in [0.25, 0.3) is 0 Å². The van der Waals surface area contributed by atoms with E-state index in [1.54, 1.807) is 30.6 Å². The van der Waals surface area contributed by atoms with Crippen LogP contribution < -0.4 is 10.6 Å². The largest absolute Gasteiger partial charge is 0.331 e. The van der Waals surface area contributed by atoms with Crippen molar-refractivity contribution in [3.8, 4) is 0 Å². The first kappa shape index (κ1) is 14.6. The lowest BCUT2D eigenvalue weighted by Gasteiger charge is -2.15. The molecule has 1 atom stereocenters. The molecule has 0 spiro atoms. The number of urea groups is 1. The summed E-state index contributed by atoms with van der Waals surface area (Å²) in [5.74, 6) is 0. The lowest BCUT2D eigenvalue weighted by atomic mass is 10.1. The third-order valence-corrected chi connectivity index (χ3v) is 3.26. The Hall–Kier alpha value is -1.78. The highest BCUT2D eigenvalue weighted by molar-refractivity contribution is 6.36. The molecule has 2 aromatic rings.